The molecule has 2 heterocycles. The van der Waals surface area contributed by atoms with E-state index in [2.05, 4.69) is 51.2 Å². The van der Waals surface area contributed by atoms with Gasteiger partial charge >= 0.3 is 10.3 Å². The van der Waals surface area contributed by atoms with Crippen molar-refractivity contribution in [1.29, 1.82) is 0 Å². The standard InChI is InChI=1S/C23H29N5O4S/c1-2-14-9-15-5-3-4-6-18(15)21(14)27-22-19-7-8-28(23(19)25-13-24-22)17-10-16(20(29)11-17)12-26-33(30,31)32/h3-8,13-14,16-17,20-21,26,29H,2,9-12H2,1H3,(H,24,25,27)(H,30,31,32)/t14-,16-,17+,20-,21-/m1/s1. The van der Waals surface area contributed by atoms with Crippen LogP contribution in [0.25, 0.3) is 11.0 Å². The molecule has 5 rings (SSSR count). The van der Waals surface area contributed by atoms with Crippen LogP contribution >= 0.6 is 0 Å². The van der Waals surface area contributed by atoms with Gasteiger partial charge in [-0.3, -0.25) is 4.55 Å². The molecule has 0 spiro atoms. The number of hydrogen-bond donors (Lipinski definition) is 4. The molecule has 5 atom stereocenters. The van der Waals surface area contributed by atoms with Gasteiger partial charge in [0.2, 0.25) is 0 Å². The number of anilines is 1. The zero-order chi connectivity index (χ0) is 23.2. The highest BCUT2D eigenvalue weighted by Gasteiger charge is 2.36. The second kappa shape index (κ2) is 8.68. The molecule has 1 saturated carbocycles. The Hall–Kier alpha value is -2.53. The maximum atomic E-state index is 11.0. The predicted molar refractivity (Wildman–Crippen MR) is 125 cm³/mol. The third-order valence-corrected chi connectivity index (χ3v) is 7.75. The topological polar surface area (TPSA) is 129 Å². The van der Waals surface area contributed by atoms with E-state index in [1.165, 1.54) is 11.1 Å². The van der Waals surface area contributed by atoms with E-state index in [0.717, 1.165) is 29.7 Å². The third-order valence-electron chi connectivity index (χ3n) is 7.22. The summed E-state index contributed by atoms with van der Waals surface area (Å²) < 4.78 is 35.1. The Morgan fingerprint density at radius 3 is 2.76 bits per heavy atom. The Morgan fingerprint density at radius 1 is 1.15 bits per heavy atom. The lowest BCUT2D eigenvalue weighted by atomic mass is 9.98. The number of nitrogens with zero attached hydrogens (tertiary/aromatic N) is 3. The van der Waals surface area contributed by atoms with Crippen molar-refractivity contribution in [3.05, 3.63) is 54.0 Å². The van der Waals surface area contributed by atoms with Crippen molar-refractivity contribution >= 4 is 27.2 Å². The van der Waals surface area contributed by atoms with E-state index in [9.17, 15) is 13.5 Å². The van der Waals surface area contributed by atoms with Crippen molar-refractivity contribution in [2.45, 2.75) is 50.8 Å². The SMILES string of the molecule is CC[C@@H]1Cc2ccccc2[C@@H]1Nc1ncnc2c1ccn2[C@H]1C[C@H](CNS(=O)(=O)O)[C@H](O)C1. The molecule has 0 unspecified atom stereocenters. The van der Waals surface area contributed by atoms with Crippen LogP contribution in [0.5, 0.6) is 0 Å². The Kier molecular flexibility index (Phi) is 5.86. The molecule has 2 aromatic heterocycles. The Balaban J connectivity index is 1.39. The monoisotopic (exact) mass is 471 g/mol. The van der Waals surface area contributed by atoms with Gasteiger partial charge in [-0.15, -0.1) is 0 Å². The molecule has 0 bridgehead atoms. The summed E-state index contributed by atoms with van der Waals surface area (Å²) in [4.78, 5) is 9.07. The van der Waals surface area contributed by atoms with Gasteiger partial charge in [-0.2, -0.15) is 13.1 Å². The van der Waals surface area contributed by atoms with Crippen molar-refractivity contribution in [3.63, 3.8) is 0 Å². The molecule has 2 aliphatic carbocycles. The van der Waals surface area contributed by atoms with Gasteiger partial charge in [0.15, 0.2) is 0 Å². The van der Waals surface area contributed by atoms with E-state index in [1.54, 1.807) is 6.33 Å². The molecule has 4 N–H and O–H groups in total. The molecule has 1 aromatic carbocycles. The molecule has 33 heavy (non-hydrogen) atoms. The first-order valence-electron chi connectivity index (χ1n) is 11.4. The van der Waals surface area contributed by atoms with Gasteiger partial charge in [0.05, 0.1) is 17.5 Å². The lowest BCUT2D eigenvalue weighted by Gasteiger charge is -2.22. The Bertz CT molecular complexity index is 1260. The molecule has 1 fully saturated rings. The quantitative estimate of drug-likeness (QED) is 0.390. The van der Waals surface area contributed by atoms with Crippen molar-refractivity contribution in [3.8, 4) is 0 Å². The summed E-state index contributed by atoms with van der Waals surface area (Å²) in [6.07, 6.45) is 6.04. The molecule has 176 valence electrons. The summed E-state index contributed by atoms with van der Waals surface area (Å²) >= 11 is 0. The fourth-order valence-corrected chi connectivity index (χ4v) is 5.94. The highest BCUT2D eigenvalue weighted by Crippen LogP contribution is 2.41. The van der Waals surface area contributed by atoms with Gasteiger partial charge in [0, 0.05) is 24.7 Å². The Morgan fingerprint density at radius 2 is 1.97 bits per heavy atom. The molecule has 3 aromatic rings. The van der Waals surface area contributed by atoms with Crippen molar-refractivity contribution < 1.29 is 18.1 Å². The fraction of sp³-hybridized carbons (Fsp3) is 0.478. The molecular weight excluding hydrogens is 442 g/mol. The van der Waals surface area contributed by atoms with Crippen LogP contribution in [0.2, 0.25) is 0 Å². The number of rotatable bonds is 7. The number of aliphatic hydroxyl groups excluding tert-OH is 1. The zero-order valence-corrected chi connectivity index (χ0v) is 19.2. The second-order valence-corrected chi connectivity index (χ2v) is 10.4. The molecule has 2 aliphatic rings. The number of benzene rings is 1. The molecule has 0 radical (unpaired) electrons. The van der Waals surface area contributed by atoms with Crippen LogP contribution in [0.4, 0.5) is 5.82 Å². The largest absolute Gasteiger partial charge is 0.393 e. The van der Waals surface area contributed by atoms with Crippen molar-refractivity contribution in [2.75, 3.05) is 11.9 Å². The lowest BCUT2D eigenvalue weighted by Crippen LogP contribution is -2.31. The minimum absolute atomic E-state index is 0.00299. The van der Waals surface area contributed by atoms with Crippen LogP contribution in [0.1, 0.15) is 49.4 Å². The van der Waals surface area contributed by atoms with Gasteiger partial charge in [-0.1, -0.05) is 37.6 Å². The van der Waals surface area contributed by atoms with Crippen LogP contribution in [0.15, 0.2) is 42.9 Å². The van der Waals surface area contributed by atoms with Crippen LogP contribution in [-0.4, -0.2) is 45.3 Å². The number of nitrogens with one attached hydrogen (secondary N) is 2. The fourth-order valence-electron chi connectivity index (χ4n) is 5.51. The van der Waals surface area contributed by atoms with Crippen molar-refractivity contribution in [1.82, 2.24) is 19.3 Å². The first-order chi connectivity index (χ1) is 15.8. The second-order valence-electron chi connectivity index (χ2n) is 9.15. The van der Waals surface area contributed by atoms with Crippen LogP contribution < -0.4 is 10.0 Å². The first-order valence-corrected chi connectivity index (χ1v) is 12.8. The van der Waals surface area contributed by atoms with Crippen molar-refractivity contribution in [2.24, 2.45) is 11.8 Å². The van der Waals surface area contributed by atoms with E-state index in [4.69, 9.17) is 4.55 Å². The molecule has 0 saturated heterocycles. The average Bonchev–Trinajstić information content (AvgIpc) is 3.47. The summed E-state index contributed by atoms with van der Waals surface area (Å²) in [5.41, 5.74) is 3.49. The van der Waals surface area contributed by atoms with Gasteiger partial charge in [-0.25, -0.2) is 9.97 Å². The lowest BCUT2D eigenvalue weighted by molar-refractivity contribution is 0.133. The first kappa shape index (κ1) is 22.3. The van der Waals surface area contributed by atoms with Gasteiger partial charge in [-0.05, 0) is 42.4 Å². The smallest absolute Gasteiger partial charge is 0.333 e. The summed E-state index contributed by atoms with van der Waals surface area (Å²) in [7, 11) is -4.28. The van der Waals surface area contributed by atoms with Crippen LogP contribution in [0.3, 0.4) is 0 Å². The predicted octanol–water partition coefficient (Wildman–Crippen LogP) is 2.87. The third kappa shape index (κ3) is 4.35. The highest BCUT2D eigenvalue weighted by atomic mass is 32.2. The van der Waals surface area contributed by atoms with E-state index in [1.807, 2.05) is 16.8 Å². The van der Waals surface area contributed by atoms with E-state index in [-0.39, 0.29) is 24.5 Å². The van der Waals surface area contributed by atoms with E-state index in [0.29, 0.717) is 18.8 Å². The van der Waals surface area contributed by atoms with Crippen LogP contribution in [0, 0.1) is 11.8 Å². The Labute approximate surface area is 193 Å². The summed E-state index contributed by atoms with van der Waals surface area (Å²) in [6, 6.07) is 10.7. The molecule has 0 amide bonds. The molecule has 9 nitrogen and oxygen atoms in total. The highest BCUT2D eigenvalue weighted by molar-refractivity contribution is 7.83. The maximum Gasteiger partial charge on any atom is 0.333 e. The zero-order valence-electron chi connectivity index (χ0n) is 18.4. The van der Waals surface area contributed by atoms with Gasteiger partial charge < -0.3 is 15.0 Å². The molecular formula is C23H29N5O4S. The maximum absolute atomic E-state index is 11.0. The average molecular weight is 472 g/mol. The molecule has 10 heteroatoms. The van der Waals surface area contributed by atoms with Gasteiger partial charge in [0.1, 0.15) is 17.8 Å². The number of fused-ring (bicyclic) bond motifs is 2. The minimum atomic E-state index is -4.28. The number of hydrogen-bond acceptors (Lipinski definition) is 6. The number of aliphatic hydroxyl groups is 1. The number of aromatic nitrogens is 3. The summed E-state index contributed by atoms with van der Waals surface area (Å²) in [6.45, 7) is 2.22. The summed E-state index contributed by atoms with van der Waals surface area (Å²) in [5, 5.41) is 15.0. The summed E-state index contributed by atoms with van der Waals surface area (Å²) in [5.74, 6) is 1.01. The minimum Gasteiger partial charge on any atom is -0.393 e. The van der Waals surface area contributed by atoms with Crippen LogP contribution in [-0.2, 0) is 16.7 Å². The normalized spacial score (nSPS) is 27.2. The van der Waals surface area contributed by atoms with E-state index >= 15 is 0 Å². The van der Waals surface area contributed by atoms with E-state index < -0.39 is 16.4 Å². The van der Waals surface area contributed by atoms with Gasteiger partial charge in [0.25, 0.3) is 0 Å². The molecule has 0 aliphatic heterocycles.